The second kappa shape index (κ2) is 7.01. The van der Waals surface area contributed by atoms with Crippen molar-refractivity contribution in [2.45, 2.75) is 18.2 Å². The molecule has 8 heteroatoms. The van der Waals surface area contributed by atoms with Crippen molar-refractivity contribution in [3.8, 4) is 0 Å². The van der Waals surface area contributed by atoms with Gasteiger partial charge in [-0.15, -0.1) is 0 Å². The number of sulfonamides is 1. The SMILES string of the molecule is CCCNS(=O)(=O)c1ccc(C(=O)NCC(=O)O)cc1. The number of nitrogens with one attached hydrogen (secondary N) is 2. The Morgan fingerprint density at radius 3 is 2.30 bits per heavy atom. The summed E-state index contributed by atoms with van der Waals surface area (Å²) in [6.07, 6.45) is 0.676. The number of hydrogen-bond donors (Lipinski definition) is 3. The third-order valence-corrected chi connectivity index (χ3v) is 3.85. The van der Waals surface area contributed by atoms with Gasteiger partial charge in [0.05, 0.1) is 4.90 Å². The topological polar surface area (TPSA) is 113 Å². The number of amides is 1. The van der Waals surface area contributed by atoms with Gasteiger partial charge in [-0.25, -0.2) is 13.1 Å². The third-order valence-electron chi connectivity index (χ3n) is 2.37. The molecule has 0 aliphatic rings. The zero-order chi connectivity index (χ0) is 15.2. The van der Waals surface area contributed by atoms with Crippen LogP contribution in [0.5, 0.6) is 0 Å². The van der Waals surface area contributed by atoms with E-state index in [2.05, 4.69) is 10.0 Å². The van der Waals surface area contributed by atoms with Crippen LogP contribution < -0.4 is 10.0 Å². The molecule has 20 heavy (non-hydrogen) atoms. The number of aliphatic carboxylic acids is 1. The molecule has 0 saturated heterocycles. The molecule has 0 aliphatic heterocycles. The molecule has 7 nitrogen and oxygen atoms in total. The molecule has 0 bridgehead atoms. The summed E-state index contributed by atoms with van der Waals surface area (Å²) in [6, 6.07) is 5.26. The van der Waals surface area contributed by atoms with Crippen molar-refractivity contribution in [2.75, 3.05) is 13.1 Å². The molecule has 1 aromatic carbocycles. The van der Waals surface area contributed by atoms with E-state index in [1.807, 2.05) is 6.92 Å². The quantitative estimate of drug-likeness (QED) is 0.665. The molecule has 0 heterocycles. The smallest absolute Gasteiger partial charge is 0.322 e. The van der Waals surface area contributed by atoms with Gasteiger partial charge in [-0.3, -0.25) is 9.59 Å². The largest absolute Gasteiger partial charge is 0.480 e. The summed E-state index contributed by atoms with van der Waals surface area (Å²) in [6.45, 7) is 1.69. The van der Waals surface area contributed by atoms with E-state index in [4.69, 9.17) is 5.11 Å². The first-order chi connectivity index (χ1) is 9.36. The number of carboxylic acids is 1. The van der Waals surface area contributed by atoms with Gasteiger partial charge in [0.2, 0.25) is 10.0 Å². The average molecular weight is 300 g/mol. The number of benzene rings is 1. The first kappa shape index (κ1) is 16.1. The lowest BCUT2D eigenvalue weighted by molar-refractivity contribution is -0.135. The highest BCUT2D eigenvalue weighted by Crippen LogP contribution is 2.10. The van der Waals surface area contributed by atoms with E-state index in [-0.39, 0.29) is 10.5 Å². The van der Waals surface area contributed by atoms with E-state index in [0.29, 0.717) is 13.0 Å². The van der Waals surface area contributed by atoms with Crippen LogP contribution in [0.2, 0.25) is 0 Å². The highest BCUT2D eigenvalue weighted by molar-refractivity contribution is 7.89. The lowest BCUT2D eigenvalue weighted by Crippen LogP contribution is -2.29. The van der Waals surface area contributed by atoms with Crippen molar-refractivity contribution >= 4 is 21.9 Å². The summed E-state index contributed by atoms with van der Waals surface area (Å²) >= 11 is 0. The second-order valence-corrected chi connectivity index (χ2v) is 5.77. The van der Waals surface area contributed by atoms with E-state index in [0.717, 1.165) is 0 Å². The van der Waals surface area contributed by atoms with Gasteiger partial charge in [-0.05, 0) is 30.7 Å². The first-order valence-electron chi connectivity index (χ1n) is 5.96. The number of hydrogen-bond acceptors (Lipinski definition) is 4. The Morgan fingerprint density at radius 1 is 1.20 bits per heavy atom. The van der Waals surface area contributed by atoms with Gasteiger partial charge < -0.3 is 10.4 Å². The normalized spacial score (nSPS) is 11.1. The van der Waals surface area contributed by atoms with Gasteiger partial charge in [-0.2, -0.15) is 0 Å². The van der Waals surface area contributed by atoms with Gasteiger partial charge in [0.1, 0.15) is 6.54 Å². The fourth-order valence-corrected chi connectivity index (χ4v) is 2.50. The maximum Gasteiger partial charge on any atom is 0.322 e. The van der Waals surface area contributed by atoms with Crippen LogP contribution in [0.25, 0.3) is 0 Å². The summed E-state index contributed by atoms with van der Waals surface area (Å²) in [5.41, 5.74) is 0.195. The molecule has 0 fully saturated rings. The summed E-state index contributed by atoms with van der Waals surface area (Å²) < 4.78 is 26.0. The van der Waals surface area contributed by atoms with Crippen molar-refractivity contribution in [2.24, 2.45) is 0 Å². The molecule has 0 spiro atoms. The molecule has 0 aromatic heterocycles. The van der Waals surface area contributed by atoms with E-state index >= 15 is 0 Å². The monoisotopic (exact) mass is 300 g/mol. The van der Waals surface area contributed by atoms with Crippen LogP contribution in [-0.4, -0.2) is 38.5 Å². The molecular formula is C12H16N2O5S. The molecule has 3 N–H and O–H groups in total. The maximum absolute atomic E-state index is 11.8. The highest BCUT2D eigenvalue weighted by Gasteiger charge is 2.14. The minimum atomic E-state index is -3.57. The third kappa shape index (κ3) is 4.63. The van der Waals surface area contributed by atoms with E-state index in [9.17, 15) is 18.0 Å². The first-order valence-corrected chi connectivity index (χ1v) is 7.45. The summed E-state index contributed by atoms with van der Waals surface area (Å²) in [4.78, 5) is 21.9. The molecule has 0 atom stereocenters. The standard InChI is InChI=1S/C12H16N2O5S/c1-2-7-14-20(18,19)10-5-3-9(4-6-10)12(17)13-8-11(15)16/h3-6,14H,2,7-8H2,1H3,(H,13,17)(H,15,16). The number of rotatable bonds is 7. The van der Waals surface area contributed by atoms with Gasteiger partial charge in [-0.1, -0.05) is 6.92 Å². The predicted octanol–water partition coefficient (Wildman–Crippen LogP) is 0.189. The number of carbonyl (C=O) groups excluding carboxylic acids is 1. The molecular weight excluding hydrogens is 284 g/mol. The molecule has 0 radical (unpaired) electrons. The summed E-state index contributed by atoms with van der Waals surface area (Å²) in [5.74, 6) is -1.72. The van der Waals surface area contributed by atoms with Crippen molar-refractivity contribution in [3.05, 3.63) is 29.8 Å². The fraction of sp³-hybridized carbons (Fsp3) is 0.333. The van der Waals surface area contributed by atoms with E-state index < -0.39 is 28.4 Å². The minimum absolute atomic E-state index is 0.0562. The Labute approximate surface area is 117 Å². The number of carboxylic acid groups (broad SMARTS) is 1. The van der Waals surface area contributed by atoms with Crippen LogP contribution in [0.15, 0.2) is 29.2 Å². The average Bonchev–Trinajstić information content (AvgIpc) is 2.42. The summed E-state index contributed by atoms with van der Waals surface area (Å²) in [5, 5.41) is 10.6. The van der Waals surface area contributed by atoms with Crippen LogP contribution in [0.3, 0.4) is 0 Å². The van der Waals surface area contributed by atoms with Crippen LogP contribution in [-0.2, 0) is 14.8 Å². The van der Waals surface area contributed by atoms with Crippen LogP contribution >= 0.6 is 0 Å². The minimum Gasteiger partial charge on any atom is -0.480 e. The van der Waals surface area contributed by atoms with Gasteiger partial charge in [0.15, 0.2) is 0 Å². The zero-order valence-corrected chi connectivity index (χ0v) is 11.7. The Hall–Kier alpha value is -1.93. The van der Waals surface area contributed by atoms with Gasteiger partial charge in [0, 0.05) is 12.1 Å². The predicted molar refractivity (Wildman–Crippen MR) is 71.9 cm³/mol. The van der Waals surface area contributed by atoms with Crippen LogP contribution in [0.4, 0.5) is 0 Å². The van der Waals surface area contributed by atoms with Crippen molar-refractivity contribution < 1.29 is 23.1 Å². The molecule has 1 amide bonds. The fourth-order valence-electron chi connectivity index (χ4n) is 1.36. The van der Waals surface area contributed by atoms with Crippen LogP contribution in [0.1, 0.15) is 23.7 Å². The number of carbonyl (C=O) groups is 2. The second-order valence-electron chi connectivity index (χ2n) is 4.00. The van der Waals surface area contributed by atoms with E-state index in [1.54, 1.807) is 0 Å². The molecule has 110 valence electrons. The molecule has 0 unspecified atom stereocenters. The van der Waals surface area contributed by atoms with Crippen LogP contribution in [0, 0.1) is 0 Å². The lowest BCUT2D eigenvalue weighted by atomic mass is 10.2. The van der Waals surface area contributed by atoms with Crippen molar-refractivity contribution in [1.82, 2.24) is 10.0 Å². The molecule has 1 rings (SSSR count). The van der Waals surface area contributed by atoms with E-state index in [1.165, 1.54) is 24.3 Å². The lowest BCUT2D eigenvalue weighted by Gasteiger charge is -2.06. The Morgan fingerprint density at radius 2 is 1.80 bits per heavy atom. The Kier molecular flexibility index (Phi) is 5.66. The Balaban J connectivity index is 2.78. The molecule has 0 saturated carbocycles. The van der Waals surface area contributed by atoms with Crippen molar-refractivity contribution in [1.29, 1.82) is 0 Å². The Bertz CT molecular complexity index is 580. The molecule has 0 aliphatic carbocycles. The van der Waals surface area contributed by atoms with Gasteiger partial charge >= 0.3 is 5.97 Å². The maximum atomic E-state index is 11.8. The molecule has 1 aromatic rings. The zero-order valence-electron chi connectivity index (χ0n) is 10.9. The highest BCUT2D eigenvalue weighted by atomic mass is 32.2. The van der Waals surface area contributed by atoms with Crippen molar-refractivity contribution in [3.63, 3.8) is 0 Å². The van der Waals surface area contributed by atoms with Gasteiger partial charge in [0.25, 0.3) is 5.91 Å². The summed E-state index contributed by atoms with van der Waals surface area (Å²) in [7, 11) is -3.57.